The fourth-order valence-electron chi connectivity index (χ4n) is 2.24. The van der Waals surface area contributed by atoms with E-state index in [1.807, 2.05) is 36.4 Å². The molecule has 2 nitrogen and oxygen atoms in total. The number of rotatable bonds is 7. The number of aliphatic hydroxyl groups excluding tert-OH is 1. The van der Waals surface area contributed by atoms with E-state index in [1.165, 1.54) is 5.56 Å². The van der Waals surface area contributed by atoms with Gasteiger partial charge in [-0.05, 0) is 30.9 Å². The summed E-state index contributed by atoms with van der Waals surface area (Å²) in [6.45, 7) is 2.76. The normalized spacial score (nSPS) is 13.9. The second kappa shape index (κ2) is 7.83. The topological polar surface area (TPSA) is 32.3 Å². The maximum Gasteiger partial charge on any atom is 0.0914 e. The summed E-state index contributed by atoms with van der Waals surface area (Å²) in [5.74, 6) is 0. The molecule has 106 valence electrons. The molecule has 0 aliphatic heterocycles. The lowest BCUT2D eigenvalue weighted by molar-refractivity contribution is 0.170. The van der Waals surface area contributed by atoms with E-state index in [0.29, 0.717) is 12.6 Å². The van der Waals surface area contributed by atoms with Crippen molar-refractivity contribution in [3.8, 4) is 0 Å². The number of hydrogen-bond donors (Lipinski definition) is 2. The summed E-state index contributed by atoms with van der Waals surface area (Å²) < 4.78 is 0. The third kappa shape index (κ3) is 4.80. The molecule has 0 spiro atoms. The van der Waals surface area contributed by atoms with Crippen molar-refractivity contribution >= 4 is 0 Å². The highest BCUT2D eigenvalue weighted by molar-refractivity contribution is 5.17. The summed E-state index contributed by atoms with van der Waals surface area (Å²) in [4.78, 5) is 0. The molecule has 20 heavy (non-hydrogen) atoms. The standard InChI is InChI=1S/C18H23NO/c1-15(12-13-16-8-4-2-5-9-16)19-14-18(20)17-10-6-3-7-11-17/h2-11,15,18-20H,12-14H2,1H3. The Morgan fingerprint density at radius 2 is 1.55 bits per heavy atom. The Morgan fingerprint density at radius 1 is 0.950 bits per heavy atom. The Hall–Kier alpha value is -1.64. The van der Waals surface area contributed by atoms with Gasteiger partial charge in [0.15, 0.2) is 0 Å². The highest BCUT2D eigenvalue weighted by Gasteiger charge is 2.08. The largest absolute Gasteiger partial charge is 0.387 e. The van der Waals surface area contributed by atoms with Crippen molar-refractivity contribution < 1.29 is 5.11 Å². The fourth-order valence-corrected chi connectivity index (χ4v) is 2.24. The van der Waals surface area contributed by atoms with E-state index in [1.54, 1.807) is 0 Å². The summed E-state index contributed by atoms with van der Waals surface area (Å²) in [6.07, 6.45) is 1.71. The fraction of sp³-hybridized carbons (Fsp3) is 0.333. The van der Waals surface area contributed by atoms with Crippen LogP contribution < -0.4 is 5.32 Å². The summed E-state index contributed by atoms with van der Waals surface area (Å²) in [7, 11) is 0. The Bertz CT molecular complexity index is 483. The second-order valence-electron chi connectivity index (χ2n) is 5.26. The van der Waals surface area contributed by atoms with Crippen molar-refractivity contribution in [3.63, 3.8) is 0 Å². The summed E-state index contributed by atoms with van der Waals surface area (Å²) >= 11 is 0. The first-order valence-electron chi connectivity index (χ1n) is 7.26. The lowest BCUT2D eigenvalue weighted by Gasteiger charge is -2.17. The SMILES string of the molecule is CC(CCc1ccccc1)NCC(O)c1ccccc1. The molecule has 0 amide bonds. The van der Waals surface area contributed by atoms with Gasteiger partial charge in [-0.15, -0.1) is 0 Å². The van der Waals surface area contributed by atoms with E-state index in [-0.39, 0.29) is 0 Å². The molecule has 0 aliphatic carbocycles. The van der Waals surface area contributed by atoms with Gasteiger partial charge in [0.25, 0.3) is 0 Å². The first kappa shape index (κ1) is 14.8. The number of aryl methyl sites for hydroxylation is 1. The van der Waals surface area contributed by atoms with Gasteiger partial charge in [-0.3, -0.25) is 0 Å². The Labute approximate surface area is 121 Å². The van der Waals surface area contributed by atoms with E-state index in [4.69, 9.17) is 0 Å². The van der Waals surface area contributed by atoms with Crippen LogP contribution in [0.4, 0.5) is 0 Å². The van der Waals surface area contributed by atoms with Gasteiger partial charge in [-0.25, -0.2) is 0 Å². The lowest BCUT2D eigenvalue weighted by atomic mass is 10.1. The molecule has 2 N–H and O–H groups in total. The maximum absolute atomic E-state index is 10.1. The summed E-state index contributed by atoms with van der Waals surface area (Å²) in [5.41, 5.74) is 2.33. The molecule has 0 heterocycles. The molecule has 0 saturated carbocycles. The Kier molecular flexibility index (Phi) is 5.78. The highest BCUT2D eigenvalue weighted by Crippen LogP contribution is 2.11. The Morgan fingerprint density at radius 3 is 2.20 bits per heavy atom. The maximum atomic E-state index is 10.1. The first-order valence-corrected chi connectivity index (χ1v) is 7.26. The quantitative estimate of drug-likeness (QED) is 0.808. The van der Waals surface area contributed by atoms with Gasteiger partial charge in [-0.1, -0.05) is 60.7 Å². The van der Waals surface area contributed by atoms with E-state index in [2.05, 4.69) is 36.5 Å². The second-order valence-corrected chi connectivity index (χ2v) is 5.26. The van der Waals surface area contributed by atoms with Crippen molar-refractivity contribution in [1.82, 2.24) is 5.32 Å². The predicted molar refractivity (Wildman–Crippen MR) is 83.6 cm³/mol. The third-order valence-corrected chi connectivity index (χ3v) is 3.55. The minimum absolute atomic E-state index is 0.397. The van der Waals surface area contributed by atoms with Gasteiger partial charge in [-0.2, -0.15) is 0 Å². The minimum Gasteiger partial charge on any atom is -0.387 e. The van der Waals surface area contributed by atoms with E-state index in [9.17, 15) is 5.11 Å². The van der Waals surface area contributed by atoms with Gasteiger partial charge >= 0.3 is 0 Å². The van der Waals surface area contributed by atoms with Crippen molar-refractivity contribution in [2.24, 2.45) is 0 Å². The Balaban J connectivity index is 1.71. The molecule has 0 radical (unpaired) electrons. The summed E-state index contributed by atoms with van der Waals surface area (Å²) in [6, 6.07) is 20.7. The molecule has 0 fully saturated rings. The van der Waals surface area contributed by atoms with Crippen LogP contribution in [0.3, 0.4) is 0 Å². The molecule has 2 aromatic rings. The summed E-state index contributed by atoms with van der Waals surface area (Å²) in [5, 5.41) is 13.5. The number of aliphatic hydroxyl groups is 1. The number of nitrogens with one attached hydrogen (secondary N) is 1. The minimum atomic E-state index is -0.435. The molecule has 2 unspecified atom stereocenters. The predicted octanol–water partition coefficient (Wildman–Crippen LogP) is 3.33. The number of hydrogen-bond acceptors (Lipinski definition) is 2. The van der Waals surface area contributed by atoms with Crippen LogP contribution in [0.5, 0.6) is 0 Å². The van der Waals surface area contributed by atoms with Gasteiger partial charge in [0, 0.05) is 12.6 Å². The smallest absolute Gasteiger partial charge is 0.0914 e. The average molecular weight is 269 g/mol. The molecule has 0 aromatic heterocycles. The van der Waals surface area contributed by atoms with Crippen LogP contribution in [-0.2, 0) is 6.42 Å². The highest BCUT2D eigenvalue weighted by atomic mass is 16.3. The first-order chi connectivity index (χ1) is 9.75. The van der Waals surface area contributed by atoms with E-state index < -0.39 is 6.10 Å². The molecule has 2 aromatic carbocycles. The van der Waals surface area contributed by atoms with Gasteiger partial charge in [0.05, 0.1) is 6.10 Å². The molecule has 0 bridgehead atoms. The van der Waals surface area contributed by atoms with Crippen molar-refractivity contribution in [3.05, 3.63) is 71.8 Å². The van der Waals surface area contributed by atoms with Crippen LogP contribution >= 0.6 is 0 Å². The number of benzene rings is 2. The molecule has 2 atom stereocenters. The zero-order valence-corrected chi connectivity index (χ0v) is 12.0. The zero-order valence-electron chi connectivity index (χ0n) is 12.0. The molecular formula is C18H23NO. The molecule has 2 rings (SSSR count). The third-order valence-electron chi connectivity index (χ3n) is 3.55. The van der Waals surface area contributed by atoms with E-state index in [0.717, 1.165) is 18.4 Å². The van der Waals surface area contributed by atoms with Crippen LogP contribution in [0.1, 0.15) is 30.6 Å². The van der Waals surface area contributed by atoms with Crippen LogP contribution in [0.25, 0.3) is 0 Å². The molecule has 0 saturated heterocycles. The monoisotopic (exact) mass is 269 g/mol. The lowest BCUT2D eigenvalue weighted by Crippen LogP contribution is -2.30. The average Bonchev–Trinajstić information content (AvgIpc) is 2.52. The molecule has 2 heteroatoms. The van der Waals surface area contributed by atoms with Crippen LogP contribution in [-0.4, -0.2) is 17.7 Å². The van der Waals surface area contributed by atoms with Crippen molar-refractivity contribution in [1.29, 1.82) is 0 Å². The van der Waals surface area contributed by atoms with Crippen molar-refractivity contribution in [2.75, 3.05) is 6.54 Å². The van der Waals surface area contributed by atoms with Gasteiger partial charge in [0.1, 0.15) is 0 Å². The van der Waals surface area contributed by atoms with Crippen LogP contribution in [0.15, 0.2) is 60.7 Å². The molecular weight excluding hydrogens is 246 g/mol. The molecule has 0 aliphatic rings. The van der Waals surface area contributed by atoms with Crippen LogP contribution in [0.2, 0.25) is 0 Å². The van der Waals surface area contributed by atoms with Gasteiger partial charge in [0.2, 0.25) is 0 Å². The van der Waals surface area contributed by atoms with Crippen molar-refractivity contribution in [2.45, 2.75) is 31.9 Å². The van der Waals surface area contributed by atoms with Crippen LogP contribution in [0, 0.1) is 0 Å². The van der Waals surface area contributed by atoms with Gasteiger partial charge < -0.3 is 10.4 Å². The zero-order chi connectivity index (χ0) is 14.2. The van der Waals surface area contributed by atoms with E-state index >= 15 is 0 Å².